The molecular formula is C20H27N3O4. The minimum atomic E-state index is -0.155. The van der Waals surface area contributed by atoms with Gasteiger partial charge in [-0.15, -0.1) is 0 Å². The first-order chi connectivity index (χ1) is 13.0. The van der Waals surface area contributed by atoms with Crippen LogP contribution in [0.15, 0.2) is 24.3 Å². The standard InChI is InChI=1S/C20H27N3O4/c1-14-11-15(2)23(22-14)10-6-9-21-19(24)8-7-16-12-17(25-3)20(27-5)18(13-16)26-4/h7-8,11-13H,6,9-10H2,1-5H3,(H,21,24)/b8-7+. The largest absolute Gasteiger partial charge is 0.493 e. The first kappa shape index (κ1) is 20.4. The Morgan fingerprint density at radius 1 is 1.11 bits per heavy atom. The van der Waals surface area contributed by atoms with Gasteiger partial charge in [0, 0.05) is 24.9 Å². The van der Waals surface area contributed by atoms with Crippen molar-refractivity contribution in [1.82, 2.24) is 15.1 Å². The van der Waals surface area contributed by atoms with Crippen LogP contribution in [0, 0.1) is 13.8 Å². The third-order valence-electron chi connectivity index (χ3n) is 4.06. The van der Waals surface area contributed by atoms with Gasteiger partial charge < -0.3 is 19.5 Å². The molecule has 146 valence electrons. The first-order valence-electron chi connectivity index (χ1n) is 8.75. The Kier molecular flexibility index (Phi) is 7.28. The summed E-state index contributed by atoms with van der Waals surface area (Å²) in [6.45, 7) is 5.35. The minimum absolute atomic E-state index is 0.155. The highest BCUT2D eigenvalue weighted by molar-refractivity contribution is 5.91. The van der Waals surface area contributed by atoms with Crippen molar-refractivity contribution in [1.29, 1.82) is 0 Å². The van der Waals surface area contributed by atoms with Crippen LogP contribution in [-0.2, 0) is 11.3 Å². The number of hydrogen-bond donors (Lipinski definition) is 1. The number of hydrogen-bond acceptors (Lipinski definition) is 5. The predicted octanol–water partition coefficient (Wildman–Crippen LogP) is 2.75. The highest BCUT2D eigenvalue weighted by atomic mass is 16.5. The number of carbonyl (C=O) groups excluding carboxylic acids is 1. The lowest BCUT2D eigenvalue weighted by atomic mass is 10.1. The molecule has 0 aliphatic carbocycles. The van der Waals surface area contributed by atoms with Gasteiger partial charge in [0.05, 0.1) is 27.0 Å². The summed E-state index contributed by atoms with van der Waals surface area (Å²) < 4.78 is 17.9. The summed E-state index contributed by atoms with van der Waals surface area (Å²) in [6, 6.07) is 5.61. The number of ether oxygens (including phenoxy) is 3. The number of nitrogens with zero attached hydrogens (tertiary/aromatic N) is 2. The smallest absolute Gasteiger partial charge is 0.244 e. The topological polar surface area (TPSA) is 74.6 Å². The van der Waals surface area contributed by atoms with Crippen molar-refractivity contribution >= 4 is 12.0 Å². The maximum absolute atomic E-state index is 12.0. The van der Waals surface area contributed by atoms with Gasteiger partial charge in [0.2, 0.25) is 11.7 Å². The number of carbonyl (C=O) groups is 1. The van der Waals surface area contributed by atoms with E-state index in [4.69, 9.17) is 14.2 Å². The third kappa shape index (κ3) is 5.51. The fourth-order valence-corrected chi connectivity index (χ4v) is 2.77. The quantitative estimate of drug-likeness (QED) is 0.540. The van der Waals surface area contributed by atoms with Crippen molar-refractivity contribution in [3.8, 4) is 17.2 Å². The Labute approximate surface area is 159 Å². The molecular weight excluding hydrogens is 346 g/mol. The van der Waals surface area contributed by atoms with E-state index in [-0.39, 0.29) is 5.91 Å². The van der Waals surface area contributed by atoms with Gasteiger partial charge >= 0.3 is 0 Å². The maximum Gasteiger partial charge on any atom is 0.244 e. The molecule has 27 heavy (non-hydrogen) atoms. The molecule has 2 rings (SSSR count). The first-order valence-corrected chi connectivity index (χ1v) is 8.75. The molecule has 0 atom stereocenters. The molecule has 0 saturated carbocycles. The number of nitrogens with one attached hydrogen (secondary N) is 1. The van der Waals surface area contributed by atoms with E-state index >= 15 is 0 Å². The highest BCUT2D eigenvalue weighted by Crippen LogP contribution is 2.38. The Morgan fingerprint density at radius 2 is 1.78 bits per heavy atom. The van der Waals surface area contributed by atoms with Crippen molar-refractivity contribution in [3.63, 3.8) is 0 Å². The van der Waals surface area contributed by atoms with Crippen LogP contribution in [0.3, 0.4) is 0 Å². The summed E-state index contributed by atoms with van der Waals surface area (Å²) in [7, 11) is 4.66. The zero-order valence-electron chi connectivity index (χ0n) is 16.5. The van der Waals surface area contributed by atoms with Gasteiger partial charge in [-0.3, -0.25) is 9.48 Å². The van der Waals surface area contributed by atoms with Crippen molar-refractivity contribution in [2.24, 2.45) is 0 Å². The molecule has 0 saturated heterocycles. The maximum atomic E-state index is 12.0. The van der Waals surface area contributed by atoms with Gasteiger partial charge in [-0.25, -0.2) is 0 Å². The van der Waals surface area contributed by atoms with Crippen LogP contribution in [0.2, 0.25) is 0 Å². The molecule has 1 heterocycles. The summed E-state index contributed by atoms with van der Waals surface area (Å²) in [4.78, 5) is 12.0. The van der Waals surface area contributed by atoms with Gasteiger partial charge in [0.15, 0.2) is 11.5 Å². The number of methoxy groups -OCH3 is 3. The molecule has 0 aliphatic heterocycles. The molecule has 7 heteroatoms. The molecule has 0 fully saturated rings. The number of rotatable bonds is 9. The van der Waals surface area contributed by atoms with E-state index in [0.717, 1.165) is 29.9 Å². The van der Waals surface area contributed by atoms with Gasteiger partial charge in [-0.1, -0.05) is 0 Å². The van der Waals surface area contributed by atoms with E-state index in [1.54, 1.807) is 39.5 Å². The van der Waals surface area contributed by atoms with E-state index in [0.29, 0.717) is 23.8 Å². The molecule has 0 unspecified atom stereocenters. The number of benzene rings is 1. The third-order valence-corrected chi connectivity index (χ3v) is 4.06. The van der Waals surface area contributed by atoms with Crippen molar-refractivity contribution < 1.29 is 19.0 Å². The molecule has 0 bridgehead atoms. The SMILES string of the molecule is COc1cc(/C=C/C(=O)NCCCn2nc(C)cc2C)cc(OC)c1OC. The van der Waals surface area contributed by atoms with Gasteiger partial charge in [-0.2, -0.15) is 5.10 Å². The van der Waals surface area contributed by atoms with Crippen LogP contribution in [0.25, 0.3) is 6.08 Å². The summed E-state index contributed by atoms with van der Waals surface area (Å²) in [5.41, 5.74) is 2.91. The molecule has 0 radical (unpaired) electrons. The second-order valence-corrected chi connectivity index (χ2v) is 6.09. The fraction of sp³-hybridized carbons (Fsp3) is 0.400. The summed E-state index contributed by atoms with van der Waals surface area (Å²) >= 11 is 0. The average Bonchev–Trinajstić information content (AvgIpc) is 2.99. The van der Waals surface area contributed by atoms with E-state index < -0.39 is 0 Å². The van der Waals surface area contributed by atoms with Gasteiger partial charge in [-0.05, 0) is 50.1 Å². The number of aryl methyl sites for hydroxylation is 3. The summed E-state index contributed by atoms with van der Waals surface area (Å²) in [6.07, 6.45) is 4.01. The molecule has 0 spiro atoms. The van der Waals surface area contributed by atoms with Gasteiger partial charge in [0.25, 0.3) is 0 Å². The summed E-state index contributed by atoms with van der Waals surface area (Å²) in [5, 5.41) is 7.28. The van der Waals surface area contributed by atoms with Crippen molar-refractivity contribution in [2.75, 3.05) is 27.9 Å². The predicted molar refractivity (Wildman–Crippen MR) is 104 cm³/mol. The van der Waals surface area contributed by atoms with Crippen LogP contribution in [0.4, 0.5) is 0 Å². The van der Waals surface area contributed by atoms with Crippen molar-refractivity contribution in [2.45, 2.75) is 26.8 Å². The van der Waals surface area contributed by atoms with E-state index in [1.807, 2.05) is 24.6 Å². The second kappa shape index (κ2) is 9.66. The van der Waals surface area contributed by atoms with E-state index in [1.165, 1.54) is 6.08 Å². The lowest BCUT2D eigenvalue weighted by Gasteiger charge is -2.12. The molecule has 1 N–H and O–H groups in total. The average molecular weight is 373 g/mol. The molecule has 2 aromatic rings. The lowest BCUT2D eigenvalue weighted by molar-refractivity contribution is -0.116. The Bertz CT molecular complexity index is 787. The van der Waals surface area contributed by atoms with E-state index in [9.17, 15) is 4.79 Å². The molecule has 1 aromatic heterocycles. The normalized spacial score (nSPS) is 10.9. The van der Waals surface area contributed by atoms with Crippen LogP contribution in [0.1, 0.15) is 23.4 Å². The Morgan fingerprint density at radius 3 is 2.30 bits per heavy atom. The molecule has 1 amide bonds. The molecule has 0 aliphatic rings. The Balaban J connectivity index is 1.89. The highest BCUT2D eigenvalue weighted by Gasteiger charge is 2.12. The zero-order chi connectivity index (χ0) is 19.8. The monoisotopic (exact) mass is 373 g/mol. The fourth-order valence-electron chi connectivity index (χ4n) is 2.77. The van der Waals surface area contributed by atoms with Crippen LogP contribution in [0.5, 0.6) is 17.2 Å². The van der Waals surface area contributed by atoms with Crippen LogP contribution >= 0.6 is 0 Å². The summed E-state index contributed by atoms with van der Waals surface area (Å²) in [5.74, 6) is 1.45. The second-order valence-electron chi connectivity index (χ2n) is 6.09. The van der Waals surface area contributed by atoms with Gasteiger partial charge in [0.1, 0.15) is 0 Å². The Hall–Kier alpha value is -2.96. The number of aromatic nitrogens is 2. The molecule has 7 nitrogen and oxygen atoms in total. The van der Waals surface area contributed by atoms with Crippen LogP contribution in [-0.4, -0.2) is 43.6 Å². The lowest BCUT2D eigenvalue weighted by Crippen LogP contribution is -2.23. The minimum Gasteiger partial charge on any atom is -0.493 e. The number of amides is 1. The van der Waals surface area contributed by atoms with Crippen LogP contribution < -0.4 is 19.5 Å². The molecule has 1 aromatic carbocycles. The van der Waals surface area contributed by atoms with E-state index in [2.05, 4.69) is 10.4 Å². The van der Waals surface area contributed by atoms with Crippen molar-refractivity contribution in [3.05, 3.63) is 41.2 Å². The zero-order valence-corrected chi connectivity index (χ0v) is 16.5.